The highest BCUT2D eigenvalue weighted by molar-refractivity contribution is 5.80. The molecule has 0 bridgehead atoms. The van der Waals surface area contributed by atoms with Gasteiger partial charge in [-0.3, -0.25) is 0 Å². The maximum Gasteiger partial charge on any atom is 0.213 e. The van der Waals surface area contributed by atoms with Gasteiger partial charge >= 0.3 is 0 Å². The van der Waals surface area contributed by atoms with Crippen molar-refractivity contribution in [2.75, 3.05) is 6.54 Å². The van der Waals surface area contributed by atoms with E-state index in [1.54, 1.807) is 0 Å². The summed E-state index contributed by atoms with van der Waals surface area (Å²) in [5, 5.41) is 8.41. The van der Waals surface area contributed by atoms with Gasteiger partial charge in [0.05, 0.1) is 6.54 Å². The minimum absolute atomic E-state index is 0.630. The fraction of sp³-hybridized carbons (Fsp3) is 0.286. The second kappa shape index (κ2) is 5.24. The molecule has 0 aliphatic heterocycles. The van der Waals surface area contributed by atoms with Crippen LogP contribution < -0.4 is 5.32 Å². The molecule has 5 nitrogen and oxygen atoms in total. The van der Waals surface area contributed by atoms with Crippen molar-refractivity contribution in [3.05, 3.63) is 48.2 Å². The van der Waals surface area contributed by atoms with Gasteiger partial charge in [0.15, 0.2) is 5.82 Å². The Kier molecular flexibility index (Phi) is 3.29. The molecule has 3 rings (SSSR count). The molecule has 0 radical (unpaired) electrons. The molecule has 0 amide bonds. The lowest BCUT2D eigenvalue weighted by atomic mass is 10.1. The molecule has 98 valence electrons. The third-order valence-electron chi connectivity index (χ3n) is 3.14. The van der Waals surface area contributed by atoms with E-state index in [1.165, 1.54) is 22.9 Å². The first-order valence-electron chi connectivity index (χ1n) is 6.40. The van der Waals surface area contributed by atoms with Crippen LogP contribution in [0.5, 0.6) is 0 Å². The van der Waals surface area contributed by atoms with Gasteiger partial charge < -0.3 is 14.4 Å². The van der Waals surface area contributed by atoms with Crippen molar-refractivity contribution >= 4 is 10.9 Å². The van der Waals surface area contributed by atoms with Crippen LogP contribution in [0.1, 0.15) is 18.3 Å². The standard InChI is InChI=1S/C14H16N4O/c1-2-15-8-11-3-4-12-5-6-18(13(12)7-11)9-14-16-10-19-17-14/h3-7,10,15H,2,8-9H2,1H3. The molecule has 1 aromatic carbocycles. The Balaban J connectivity index is 1.91. The van der Waals surface area contributed by atoms with Crippen LogP contribution in [0, 0.1) is 0 Å². The van der Waals surface area contributed by atoms with Gasteiger partial charge in [0.1, 0.15) is 0 Å². The maximum atomic E-state index is 4.77. The van der Waals surface area contributed by atoms with Gasteiger partial charge in [-0.15, -0.1) is 0 Å². The lowest BCUT2D eigenvalue weighted by Crippen LogP contribution is -2.11. The van der Waals surface area contributed by atoms with Crippen LogP contribution in [0.25, 0.3) is 10.9 Å². The van der Waals surface area contributed by atoms with Crippen LogP contribution in [0.3, 0.4) is 0 Å². The first-order valence-corrected chi connectivity index (χ1v) is 6.40. The Morgan fingerprint density at radius 3 is 3.05 bits per heavy atom. The van der Waals surface area contributed by atoms with Crippen molar-refractivity contribution in [2.24, 2.45) is 0 Å². The summed E-state index contributed by atoms with van der Waals surface area (Å²) in [7, 11) is 0. The molecule has 0 saturated heterocycles. The average molecular weight is 256 g/mol. The summed E-state index contributed by atoms with van der Waals surface area (Å²) in [6.07, 6.45) is 3.41. The van der Waals surface area contributed by atoms with E-state index in [-0.39, 0.29) is 0 Å². The van der Waals surface area contributed by atoms with E-state index in [1.807, 2.05) is 0 Å². The molecule has 5 heteroatoms. The summed E-state index contributed by atoms with van der Waals surface area (Å²) in [5.74, 6) is 0.689. The molecule has 2 heterocycles. The van der Waals surface area contributed by atoms with Gasteiger partial charge in [-0.2, -0.15) is 4.98 Å². The van der Waals surface area contributed by atoms with Crippen molar-refractivity contribution in [3.8, 4) is 0 Å². The van der Waals surface area contributed by atoms with Crippen molar-refractivity contribution in [2.45, 2.75) is 20.0 Å². The number of fused-ring (bicyclic) bond motifs is 1. The summed E-state index contributed by atoms with van der Waals surface area (Å²) in [6.45, 7) is 4.60. The van der Waals surface area contributed by atoms with Crippen LogP contribution in [-0.4, -0.2) is 21.3 Å². The van der Waals surface area contributed by atoms with E-state index < -0.39 is 0 Å². The summed E-state index contributed by atoms with van der Waals surface area (Å²) >= 11 is 0. The molecule has 2 aromatic heterocycles. The van der Waals surface area contributed by atoms with Crippen LogP contribution in [0.4, 0.5) is 0 Å². The van der Waals surface area contributed by atoms with E-state index in [0.29, 0.717) is 12.4 Å². The molecule has 0 unspecified atom stereocenters. The van der Waals surface area contributed by atoms with Gasteiger partial charge in [0.2, 0.25) is 6.39 Å². The van der Waals surface area contributed by atoms with Gasteiger partial charge in [-0.1, -0.05) is 24.2 Å². The Morgan fingerprint density at radius 2 is 2.26 bits per heavy atom. The maximum absolute atomic E-state index is 4.77. The molecule has 3 aromatic rings. The topological polar surface area (TPSA) is 55.9 Å². The summed E-state index contributed by atoms with van der Waals surface area (Å²) in [4.78, 5) is 4.06. The quantitative estimate of drug-likeness (QED) is 0.760. The highest BCUT2D eigenvalue weighted by Gasteiger charge is 2.05. The molecule has 0 fully saturated rings. The van der Waals surface area contributed by atoms with E-state index in [9.17, 15) is 0 Å². The minimum Gasteiger partial charge on any atom is -0.343 e. The predicted molar refractivity (Wildman–Crippen MR) is 72.7 cm³/mol. The number of aromatic nitrogens is 3. The third kappa shape index (κ3) is 2.51. The normalized spacial score (nSPS) is 11.2. The number of hydrogen-bond acceptors (Lipinski definition) is 4. The summed E-state index contributed by atoms with van der Waals surface area (Å²) < 4.78 is 6.90. The molecule has 0 saturated carbocycles. The lowest BCUT2D eigenvalue weighted by molar-refractivity contribution is 0.408. The number of nitrogens with one attached hydrogen (secondary N) is 1. The Hall–Kier alpha value is -2.14. The van der Waals surface area contributed by atoms with Gasteiger partial charge in [0.25, 0.3) is 0 Å². The molecule has 19 heavy (non-hydrogen) atoms. The number of nitrogens with zero attached hydrogens (tertiary/aromatic N) is 3. The third-order valence-corrected chi connectivity index (χ3v) is 3.14. The second-order valence-corrected chi connectivity index (χ2v) is 4.46. The van der Waals surface area contributed by atoms with Crippen molar-refractivity contribution < 1.29 is 4.52 Å². The molecular formula is C14H16N4O. The SMILES string of the molecule is CCNCc1ccc2ccn(Cc3ncon3)c2c1. The van der Waals surface area contributed by atoms with E-state index in [0.717, 1.165) is 13.1 Å². The van der Waals surface area contributed by atoms with Crippen molar-refractivity contribution in [1.82, 2.24) is 20.0 Å². The zero-order chi connectivity index (χ0) is 13.1. The smallest absolute Gasteiger partial charge is 0.213 e. The Labute approximate surface area is 111 Å². The molecule has 0 aliphatic rings. The number of rotatable bonds is 5. The van der Waals surface area contributed by atoms with Crippen LogP contribution in [0.15, 0.2) is 41.4 Å². The van der Waals surface area contributed by atoms with E-state index >= 15 is 0 Å². The predicted octanol–water partition coefficient (Wildman–Crippen LogP) is 2.18. The van der Waals surface area contributed by atoms with Crippen molar-refractivity contribution in [1.29, 1.82) is 0 Å². The number of benzene rings is 1. The molecule has 0 spiro atoms. The number of hydrogen-bond donors (Lipinski definition) is 1. The lowest BCUT2D eigenvalue weighted by Gasteiger charge is -2.05. The van der Waals surface area contributed by atoms with E-state index in [4.69, 9.17) is 4.52 Å². The van der Waals surface area contributed by atoms with E-state index in [2.05, 4.69) is 57.4 Å². The van der Waals surface area contributed by atoms with Gasteiger partial charge in [0, 0.05) is 18.3 Å². The zero-order valence-corrected chi connectivity index (χ0v) is 10.8. The summed E-state index contributed by atoms with van der Waals surface area (Å²) in [5.41, 5.74) is 2.47. The van der Waals surface area contributed by atoms with Crippen LogP contribution in [0.2, 0.25) is 0 Å². The fourth-order valence-corrected chi connectivity index (χ4v) is 2.16. The average Bonchev–Trinajstić information content (AvgIpc) is 3.07. The Morgan fingerprint density at radius 1 is 1.32 bits per heavy atom. The van der Waals surface area contributed by atoms with Crippen molar-refractivity contribution in [3.63, 3.8) is 0 Å². The molecule has 1 N–H and O–H groups in total. The minimum atomic E-state index is 0.630. The monoisotopic (exact) mass is 256 g/mol. The molecular weight excluding hydrogens is 240 g/mol. The first-order chi connectivity index (χ1) is 9.36. The second-order valence-electron chi connectivity index (χ2n) is 4.46. The fourth-order valence-electron chi connectivity index (χ4n) is 2.16. The van der Waals surface area contributed by atoms with Gasteiger partial charge in [-0.25, -0.2) is 0 Å². The highest BCUT2D eigenvalue weighted by Crippen LogP contribution is 2.18. The van der Waals surface area contributed by atoms with Crippen LogP contribution >= 0.6 is 0 Å². The zero-order valence-electron chi connectivity index (χ0n) is 10.8. The van der Waals surface area contributed by atoms with Crippen LogP contribution in [-0.2, 0) is 13.1 Å². The molecule has 0 aliphatic carbocycles. The molecule has 0 atom stereocenters. The summed E-state index contributed by atoms with van der Waals surface area (Å²) in [6, 6.07) is 8.61. The largest absolute Gasteiger partial charge is 0.343 e. The Bertz CT molecular complexity index is 657. The highest BCUT2D eigenvalue weighted by atomic mass is 16.5. The van der Waals surface area contributed by atoms with Gasteiger partial charge in [-0.05, 0) is 29.6 Å². The first kappa shape index (κ1) is 11.9.